The Morgan fingerprint density at radius 2 is 1.69 bits per heavy atom. The molecule has 0 saturated heterocycles. The molecular formula is C24H21ClN2O2. The summed E-state index contributed by atoms with van der Waals surface area (Å²) in [5.74, 6) is -1.09. The fraction of sp³-hybridized carbons (Fsp3) is 0.167. The molecule has 4 nitrogen and oxygen atoms in total. The third-order valence-electron chi connectivity index (χ3n) is 5.05. The molecule has 4 aromatic rings. The van der Waals surface area contributed by atoms with Gasteiger partial charge in [0.1, 0.15) is 11.6 Å². The molecule has 1 atom stereocenters. The van der Waals surface area contributed by atoms with Gasteiger partial charge < -0.3 is 9.14 Å². The van der Waals surface area contributed by atoms with E-state index in [9.17, 15) is 4.79 Å². The highest BCUT2D eigenvalue weighted by molar-refractivity contribution is 6.31. The van der Waals surface area contributed by atoms with E-state index < -0.39 is 5.92 Å². The highest BCUT2D eigenvalue weighted by Gasteiger charge is 2.32. The second-order valence-electron chi connectivity index (χ2n) is 7.12. The van der Waals surface area contributed by atoms with E-state index in [4.69, 9.17) is 21.3 Å². The molecule has 2 aromatic heterocycles. The van der Waals surface area contributed by atoms with Crippen LogP contribution >= 0.6 is 11.6 Å². The summed E-state index contributed by atoms with van der Waals surface area (Å²) in [6.07, 6.45) is 1.99. The fourth-order valence-electron chi connectivity index (χ4n) is 3.58. The van der Waals surface area contributed by atoms with E-state index in [1.807, 2.05) is 79.0 Å². The summed E-state index contributed by atoms with van der Waals surface area (Å²) in [5.41, 5.74) is 6.10. The minimum atomic E-state index is -0.707. The third kappa shape index (κ3) is 3.52. The number of rotatable bonds is 4. The molecule has 0 aliphatic carbocycles. The molecule has 4 rings (SSSR count). The number of ether oxygens (including phenoxy) is 1. The van der Waals surface area contributed by atoms with Gasteiger partial charge in [0.2, 0.25) is 0 Å². The number of pyridine rings is 1. The van der Waals surface area contributed by atoms with Crippen LogP contribution in [0.25, 0.3) is 16.9 Å². The summed E-state index contributed by atoms with van der Waals surface area (Å²) < 4.78 is 7.16. The molecule has 0 aliphatic heterocycles. The van der Waals surface area contributed by atoms with Crippen molar-refractivity contribution in [1.82, 2.24) is 9.38 Å². The number of carbonyl (C=O) groups is 1. The molecule has 0 spiro atoms. The molecule has 0 fully saturated rings. The van der Waals surface area contributed by atoms with Crippen LogP contribution in [0.2, 0.25) is 5.02 Å². The third-order valence-corrected chi connectivity index (χ3v) is 5.40. The average molecular weight is 405 g/mol. The quantitative estimate of drug-likeness (QED) is 0.417. The van der Waals surface area contributed by atoms with E-state index in [0.717, 1.165) is 33.7 Å². The number of aryl methyl sites for hydroxylation is 2. The highest BCUT2D eigenvalue weighted by atomic mass is 35.5. The standard InChI is InChI=1S/C24H21ClN2O2/c1-15-8-11-17(12-9-15)22-23(27-14-16(2)10-13-20(27)26-22)21(24(28)29-3)18-6-4-5-7-19(18)25/h4-14,21H,1-3H3. The Morgan fingerprint density at radius 3 is 2.38 bits per heavy atom. The van der Waals surface area contributed by atoms with Gasteiger partial charge in [-0.1, -0.05) is 65.7 Å². The zero-order chi connectivity index (χ0) is 20.5. The second-order valence-corrected chi connectivity index (χ2v) is 7.53. The van der Waals surface area contributed by atoms with Crippen molar-refractivity contribution in [3.8, 4) is 11.3 Å². The molecule has 2 aromatic carbocycles. The molecular weight excluding hydrogens is 384 g/mol. The summed E-state index contributed by atoms with van der Waals surface area (Å²) in [5, 5.41) is 0.514. The number of nitrogens with zero attached hydrogens (tertiary/aromatic N) is 2. The van der Waals surface area contributed by atoms with Crippen LogP contribution in [-0.2, 0) is 9.53 Å². The number of aromatic nitrogens is 2. The van der Waals surface area contributed by atoms with Gasteiger partial charge in [-0.05, 0) is 37.1 Å². The highest BCUT2D eigenvalue weighted by Crippen LogP contribution is 2.37. The van der Waals surface area contributed by atoms with E-state index in [-0.39, 0.29) is 5.97 Å². The van der Waals surface area contributed by atoms with E-state index >= 15 is 0 Å². The molecule has 0 saturated carbocycles. The number of hydrogen-bond donors (Lipinski definition) is 0. The summed E-state index contributed by atoms with van der Waals surface area (Å²) >= 11 is 6.50. The number of methoxy groups -OCH3 is 1. The van der Waals surface area contributed by atoms with Crippen molar-refractivity contribution >= 4 is 23.2 Å². The van der Waals surface area contributed by atoms with Gasteiger partial charge in [-0.15, -0.1) is 0 Å². The minimum Gasteiger partial charge on any atom is -0.468 e. The number of carbonyl (C=O) groups excluding carboxylic acids is 1. The van der Waals surface area contributed by atoms with Gasteiger partial charge in [-0.2, -0.15) is 0 Å². The zero-order valence-electron chi connectivity index (χ0n) is 16.5. The van der Waals surface area contributed by atoms with Gasteiger partial charge >= 0.3 is 5.97 Å². The number of benzene rings is 2. The van der Waals surface area contributed by atoms with Crippen molar-refractivity contribution < 1.29 is 9.53 Å². The van der Waals surface area contributed by atoms with Gasteiger partial charge in [0.05, 0.1) is 18.5 Å². The lowest BCUT2D eigenvalue weighted by Gasteiger charge is -2.18. The summed E-state index contributed by atoms with van der Waals surface area (Å²) in [4.78, 5) is 17.9. The largest absolute Gasteiger partial charge is 0.468 e. The van der Waals surface area contributed by atoms with Crippen LogP contribution in [0.1, 0.15) is 28.3 Å². The summed E-state index contributed by atoms with van der Waals surface area (Å²) in [6, 6.07) is 19.4. The van der Waals surface area contributed by atoms with Gasteiger partial charge in [-0.25, -0.2) is 4.98 Å². The molecule has 29 heavy (non-hydrogen) atoms. The molecule has 0 bridgehead atoms. The number of hydrogen-bond acceptors (Lipinski definition) is 3. The first-order chi connectivity index (χ1) is 14.0. The maximum absolute atomic E-state index is 13.0. The molecule has 0 N–H and O–H groups in total. The van der Waals surface area contributed by atoms with Crippen LogP contribution in [0.3, 0.4) is 0 Å². The van der Waals surface area contributed by atoms with Crippen molar-refractivity contribution in [1.29, 1.82) is 0 Å². The predicted octanol–water partition coefficient (Wildman–Crippen LogP) is 5.58. The molecule has 0 amide bonds. The van der Waals surface area contributed by atoms with Gasteiger partial charge in [0.15, 0.2) is 0 Å². The Labute approximate surface area is 174 Å². The second kappa shape index (κ2) is 7.72. The van der Waals surface area contributed by atoms with Gasteiger partial charge in [0.25, 0.3) is 0 Å². The maximum Gasteiger partial charge on any atom is 0.319 e. The smallest absolute Gasteiger partial charge is 0.319 e. The SMILES string of the molecule is COC(=O)C(c1ccccc1Cl)c1c(-c2ccc(C)cc2)nc2ccc(C)cn12. The Hall–Kier alpha value is -3.11. The monoisotopic (exact) mass is 404 g/mol. The van der Waals surface area contributed by atoms with Crippen LogP contribution in [0.15, 0.2) is 66.9 Å². The van der Waals surface area contributed by atoms with Gasteiger partial charge in [0, 0.05) is 16.8 Å². The van der Waals surface area contributed by atoms with E-state index in [2.05, 4.69) is 0 Å². The predicted molar refractivity (Wildman–Crippen MR) is 115 cm³/mol. The molecule has 0 radical (unpaired) electrons. The summed E-state index contributed by atoms with van der Waals surface area (Å²) in [6.45, 7) is 4.05. The lowest BCUT2D eigenvalue weighted by molar-refractivity contribution is -0.141. The number of halogens is 1. The summed E-state index contributed by atoms with van der Waals surface area (Å²) in [7, 11) is 1.40. The topological polar surface area (TPSA) is 43.6 Å². The minimum absolute atomic E-state index is 0.380. The molecule has 5 heteroatoms. The van der Waals surface area contributed by atoms with Crippen molar-refractivity contribution in [2.24, 2.45) is 0 Å². The first-order valence-corrected chi connectivity index (χ1v) is 9.75. The normalized spacial score (nSPS) is 12.1. The Kier molecular flexibility index (Phi) is 5.12. The first-order valence-electron chi connectivity index (χ1n) is 9.37. The van der Waals surface area contributed by atoms with E-state index in [1.54, 1.807) is 6.07 Å². The Balaban J connectivity index is 2.07. The lowest BCUT2D eigenvalue weighted by atomic mass is 9.92. The Bertz CT molecular complexity index is 1200. The Morgan fingerprint density at radius 1 is 1.00 bits per heavy atom. The van der Waals surface area contributed by atoms with Crippen LogP contribution < -0.4 is 0 Å². The van der Waals surface area contributed by atoms with Crippen molar-refractivity contribution in [3.05, 3.63) is 94.3 Å². The fourth-order valence-corrected chi connectivity index (χ4v) is 3.83. The molecule has 146 valence electrons. The molecule has 1 unspecified atom stereocenters. The van der Waals surface area contributed by atoms with E-state index in [1.165, 1.54) is 7.11 Å². The van der Waals surface area contributed by atoms with Crippen molar-refractivity contribution in [2.75, 3.05) is 7.11 Å². The number of imidazole rings is 1. The first kappa shape index (κ1) is 19.2. The van der Waals surface area contributed by atoms with Gasteiger partial charge in [-0.3, -0.25) is 4.79 Å². The van der Waals surface area contributed by atoms with Crippen LogP contribution in [0.5, 0.6) is 0 Å². The maximum atomic E-state index is 13.0. The zero-order valence-corrected chi connectivity index (χ0v) is 17.3. The molecule has 2 heterocycles. The van der Waals surface area contributed by atoms with Crippen LogP contribution in [0, 0.1) is 13.8 Å². The van der Waals surface area contributed by atoms with Crippen molar-refractivity contribution in [3.63, 3.8) is 0 Å². The van der Waals surface area contributed by atoms with Crippen LogP contribution in [-0.4, -0.2) is 22.5 Å². The molecule has 0 aliphatic rings. The van der Waals surface area contributed by atoms with E-state index in [0.29, 0.717) is 10.6 Å². The average Bonchev–Trinajstić information content (AvgIpc) is 3.08. The number of fused-ring (bicyclic) bond motifs is 1. The lowest BCUT2D eigenvalue weighted by Crippen LogP contribution is -2.18. The number of esters is 1. The van der Waals surface area contributed by atoms with Crippen LogP contribution in [0.4, 0.5) is 0 Å². The van der Waals surface area contributed by atoms with Crippen molar-refractivity contribution in [2.45, 2.75) is 19.8 Å².